The molecule has 0 unspecified atom stereocenters. The minimum atomic E-state index is -0.182. The molecule has 2 aromatic heterocycles. The van der Waals surface area contributed by atoms with Gasteiger partial charge in [0.25, 0.3) is 0 Å². The Balaban J connectivity index is 1.63. The van der Waals surface area contributed by atoms with Crippen LogP contribution >= 0.6 is 22.9 Å². The number of nitrogens with zero attached hydrogens (tertiary/aromatic N) is 4. The molecule has 0 aliphatic rings. The monoisotopic (exact) mass is 439 g/mol. The van der Waals surface area contributed by atoms with Gasteiger partial charge in [0.15, 0.2) is 0 Å². The van der Waals surface area contributed by atoms with Crippen LogP contribution in [0.3, 0.4) is 0 Å². The second-order valence-corrected chi connectivity index (χ2v) is 8.41. The Morgan fingerprint density at radius 3 is 2.60 bits per heavy atom. The zero-order valence-corrected chi connectivity index (χ0v) is 18.4. The molecule has 0 saturated heterocycles. The molecule has 4 aromatic rings. The third-order valence-electron chi connectivity index (χ3n) is 5.09. The van der Waals surface area contributed by atoms with Gasteiger partial charge >= 0.3 is 0 Å². The summed E-state index contributed by atoms with van der Waals surface area (Å²) in [5.41, 5.74) is 2.47. The molecule has 2 heterocycles. The summed E-state index contributed by atoms with van der Waals surface area (Å²) in [7, 11) is 0. The maximum atomic E-state index is 12.9. The van der Waals surface area contributed by atoms with Crippen LogP contribution in [0.4, 0.5) is 5.13 Å². The van der Waals surface area contributed by atoms with Crippen LogP contribution in [-0.2, 0) is 11.3 Å². The number of hydrogen-bond donors (Lipinski definition) is 1. The van der Waals surface area contributed by atoms with E-state index in [0.717, 1.165) is 34.4 Å². The van der Waals surface area contributed by atoms with E-state index >= 15 is 0 Å². The Bertz CT molecular complexity index is 1180. The number of carbonyl (C=O) groups is 1. The predicted molar refractivity (Wildman–Crippen MR) is 122 cm³/mol. The van der Waals surface area contributed by atoms with Crippen LogP contribution in [0.2, 0.25) is 5.02 Å². The van der Waals surface area contributed by atoms with Gasteiger partial charge in [0.05, 0.1) is 16.1 Å². The van der Waals surface area contributed by atoms with E-state index in [4.69, 9.17) is 16.6 Å². The van der Waals surface area contributed by atoms with Gasteiger partial charge in [0.2, 0.25) is 11.0 Å². The summed E-state index contributed by atoms with van der Waals surface area (Å²) in [5, 5.41) is 13.4. The van der Waals surface area contributed by atoms with Crippen molar-refractivity contribution in [3.8, 4) is 11.4 Å². The van der Waals surface area contributed by atoms with Crippen LogP contribution in [0.25, 0.3) is 22.4 Å². The Morgan fingerprint density at radius 2 is 1.83 bits per heavy atom. The number of carbonyl (C=O) groups excluding carboxylic acids is 1. The number of aromatic nitrogens is 4. The Labute approximate surface area is 183 Å². The van der Waals surface area contributed by atoms with Crippen molar-refractivity contribution < 1.29 is 4.79 Å². The lowest BCUT2D eigenvalue weighted by atomic mass is 10.1. The highest BCUT2D eigenvalue weighted by Gasteiger charge is 2.19. The SMILES string of the molecule is CCC(CC)c1nnc(NC(=O)Cn2c(-c3ccccc3Cl)nc3ccccc32)s1. The predicted octanol–water partition coefficient (Wildman–Crippen LogP) is 5.75. The quantitative estimate of drug-likeness (QED) is 0.398. The molecule has 30 heavy (non-hydrogen) atoms. The normalized spacial score (nSPS) is 11.3. The molecular weight excluding hydrogens is 418 g/mol. The second kappa shape index (κ2) is 8.93. The number of hydrogen-bond acceptors (Lipinski definition) is 5. The molecule has 1 amide bonds. The molecule has 1 N–H and O–H groups in total. The lowest BCUT2D eigenvalue weighted by molar-refractivity contribution is -0.116. The highest BCUT2D eigenvalue weighted by atomic mass is 35.5. The molecule has 0 saturated carbocycles. The highest BCUT2D eigenvalue weighted by Crippen LogP contribution is 2.31. The second-order valence-electron chi connectivity index (χ2n) is 7.00. The third kappa shape index (κ3) is 4.08. The summed E-state index contributed by atoms with van der Waals surface area (Å²) in [4.78, 5) is 17.6. The van der Waals surface area contributed by atoms with Gasteiger partial charge in [-0.15, -0.1) is 10.2 Å². The van der Waals surface area contributed by atoms with Gasteiger partial charge in [-0.3, -0.25) is 10.1 Å². The first-order valence-electron chi connectivity index (χ1n) is 9.94. The van der Waals surface area contributed by atoms with E-state index in [0.29, 0.717) is 21.9 Å². The van der Waals surface area contributed by atoms with Gasteiger partial charge in [0, 0.05) is 11.5 Å². The first kappa shape index (κ1) is 20.5. The summed E-state index contributed by atoms with van der Waals surface area (Å²) in [5.74, 6) is 0.850. The largest absolute Gasteiger partial charge is 0.314 e. The molecule has 6 nitrogen and oxygen atoms in total. The summed E-state index contributed by atoms with van der Waals surface area (Å²) in [6.45, 7) is 4.36. The number of imidazole rings is 1. The van der Waals surface area contributed by atoms with Crippen LogP contribution in [0.15, 0.2) is 48.5 Å². The summed E-state index contributed by atoms with van der Waals surface area (Å²) in [6.07, 6.45) is 2.00. The Hall–Kier alpha value is -2.77. The van der Waals surface area contributed by atoms with Gasteiger partial charge in [0.1, 0.15) is 17.4 Å². The van der Waals surface area contributed by atoms with E-state index in [2.05, 4.69) is 29.4 Å². The molecular formula is C22H22ClN5OS. The van der Waals surface area contributed by atoms with Crippen molar-refractivity contribution in [2.75, 3.05) is 5.32 Å². The van der Waals surface area contributed by atoms with Crippen molar-refractivity contribution in [2.45, 2.75) is 39.2 Å². The fraction of sp³-hybridized carbons (Fsp3) is 0.273. The summed E-state index contributed by atoms with van der Waals surface area (Å²) in [6, 6.07) is 15.2. The van der Waals surface area contributed by atoms with Crippen LogP contribution in [-0.4, -0.2) is 25.7 Å². The number of rotatable bonds is 7. The van der Waals surface area contributed by atoms with Crippen LogP contribution < -0.4 is 5.32 Å². The Kier molecular flexibility index (Phi) is 6.11. The number of anilines is 1. The van der Waals surface area contributed by atoms with E-state index in [1.165, 1.54) is 11.3 Å². The average molecular weight is 440 g/mol. The van der Waals surface area contributed by atoms with Gasteiger partial charge in [-0.2, -0.15) is 0 Å². The summed E-state index contributed by atoms with van der Waals surface area (Å²) < 4.78 is 1.88. The van der Waals surface area contributed by atoms with Crippen molar-refractivity contribution in [2.24, 2.45) is 0 Å². The molecule has 0 atom stereocenters. The van der Waals surface area contributed by atoms with Gasteiger partial charge in [-0.25, -0.2) is 4.98 Å². The number of halogens is 1. The van der Waals surface area contributed by atoms with Crippen molar-refractivity contribution in [1.29, 1.82) is 0 Å². The van der Waals surface area contributed by atoms with Crippen LogP contribution in [0.5, 0.6) is 0 Å². The van der Waals surface area contributed by atoms with Gasteiger partial charge < -0.3 is 4.57 Å². The zero-order chi connectivity index (χ0) is 21.1. The summed E-state index contributed by atoms with van der Waals surface area (Å²) >= 11 is 7.85. The number of amides is 1. The first-order chi connectivity index (χ1) is 14.6. The number of benzene rings is 2. The molecule has 0 spiro atoms. The Morgan fingerprint density at radius 1 is 1.10 bits per heavy atom. The molecule has 8 heteroatoms. The van der Waals surface area contributed by atoms with E-state index in [1.807, 2.05) is 53.1 Å². The van der Waals surface area contributed by atoms with Crippen molar-refractivity contribution >= 4 is 45.0 Å². The molecule has 0 aliphatic carbocycles. The molecule has 0 bridgehead atoms. The number of para-hydroxylation sites is 2. The standard InChI is InChI=1S/C22H22ClN5OS/c1-3-14(4-2)21-26-27-22(30-21)25-19(29)13-28-18-12-8-7-11-17(18)24-20(28)15-9-5-6-10-16(15)23/h5-12,14H,3-4,13H2,1-2H3,(H,25,27,29). The van der Waals surface area contributed by atoms with E-state index < -0.39 is 0 Å². The fourth-order valence-electron chi connectivity index (χ4n) is 3.47. The van der Waals surface area contributed by atoms with Gasteiger partial charge in [-0.1, -0.05) is 61.1 Å². The smallest absolute Gasteiger partial charge is 0.246 e. The van der Waals surface area contributed by atoms with Crippen molar-refractivity contribution in [3.63, 3.8) is 0 Å². The molecule has 0 aliphatic heterocycles. The minimum Gasteiger partial charge on any atom is -0.314 e. The molecule has 0 radical (unpaired) electrons. The zero-order valence-electron chi connectivity index (χ0n) is 16.8. The molecule has 154 valence electrons. The van der Waals surface area contributed by atoms with Crippen molar-refractivity contribution in [3.05, 3.63) is 58.6 Å². The van der Waals surface area contributed by atoms with Crippen LogP contribution in [0, 0.1) is 0 Å². The molecule has 0 fully saturated rings. The first-order valence-corrected chi connectivity index (χ1v) is 11.1. The highest BCUT2D eigenvalue weighted by molar-refractivity contribution is 7.15. The molecule has 2 aromatic carbocycles. The van der Waals surface area contributed by atoms with Crippen molar-refractivity contribution in [1.82, 2.24) is 19.7 Å². The van der Waals surface area contributed by atoms with Crippen LogP contribution in [0.1, 0.15) is 37.6 Å². The maximum Gasteiger partial charge on any atom is 0.246 e. The van der Waals surface area contributed by atoms with E-state index in [1.54, 1.807) is 0 Å². The third-order valence-corrected chi connectivity index (χ3v) is 6.42. The molecule has 4 rings (SSSR count). The topological polar surface area (TPSA) is 72.7 Å². The average Bonchev–Trinajstić information content (AvgIpc) is 3.34. The fourth-order valence-corrected chi connectivity index (χ4v) is 4.72. The lowest BCUT2D eigenvalue weighted by Crippen LogP contribution is -2.19. The lowest BCUT2D eigenvalue weighted by Gasteiger charge is -2.10. The minimum absolute atomic E-state index is 0.0982. The number of nitrogens with one attached hydrogen (secondary N) is 1. The van der Waals surface area contributed by atoms with Gasteiger partial charge in [-0.05, 0) is 37.1 Å². The van der Waals surface area contributed by atoms with E-state index in [-0.39, 0.29) is 12.5 Å². The van der Waals surface area contributed by atoms with E-state index in [9.17, 15) is 4.79 Å². The number of fused-ring (bicyclic) bond motifs is 1. The maximum absolute atomic E-state index is 12.9.